The Labute approximate surface area is 185 Å². The van der Waals surface area contributed by atoms with Crippen LogP contribution in [0.2, 0.25) is 5.02 Å². The molecule has 178 valence electrons. The van der Waals surface area contributed by atoms with Gasteiger partial charge in [0.2, 0.25) is 0 Å². The van der Waals surface area contributed by atoms with Crippen LogP contribution in [-0.4, -0.2) is 45.7 Å². The molecule has 0 aromatic carbocycles. The molecule has 0 saturated carbocycles. The average molecular weight is 485 g/mol. The first-order valence-electron chi connectivity index (χ1n) is 9.51. The molecule has 0 aliphatic carbocycles. The number of esters is 1. The van der Waals surface area contributed by atoms with Crippen molar-refractivity contribution in [2.24, 2.45) is 0 Å². The lowest BCUT2D eigenvalue weighted by atomic mass is 10.0. The lowest BCUT2D eigenvalue weighted by Gasteiger charge is -2.28. The molecular weight excluding hydrogens is 463 g/mol. The van der Waals surface area contributed by atoms with E-state index in [4.69, 9.17) is 16.3 Å². The van der Waals surface area contributed by atoms with Crippen molar-refractivity contribution >= 4 is 23.4 Å². The van der Waals surface area contributed by atoms with E-state index in [1.165, 1.54) is 18.5 Å². The van der Waals surface area contributed by atoms with Crippen molar-refractivity contribution in [2.75, 3.05) is 11.9 Å². The zero-order valence-corrected chi connectivity index (χ0v) is 18.4. The zero-order chi connectivity index (χ0) is 24.3. The van der Waals surface area contributed by atoms with Gasteiger partial charge in [-0.15, -0.1) is 0 Å². The van der Waals surface area contributed by atoms with Crippen LogP contribution in [-0.2, 0) is 11.3 Å². The zero-order valence-electron chi connectivity index (χ0n) is 17.7. The quantitative estimate of drug-likeness (QED) is 0.372. The van der Waals surface area contributed by atoms with Crippen LogP contribution in [0.15, 0.2) is 12.3 Å². The van der Waals surface area contributed by atoms with Crippen LogP contribution in [0.25, 0.3) is 11.3 Å². The predicted octanol–water partition coefficient (Wildman–Crippen LogP) is 5.54. The first-order valence-corrected chi connectivity index (χ1v) is 9.89. The molecule has 32 heavy (non-hydrogen) atoms. The third-order valence-corrected chi connectivity index (χ3v) is 4.47. The van der Waals surface area contributed by atoms with Gasteiger partial charge in [-0.1, -0.05) is 11.6 Å². The van der Waals surface area contributed by atoms with E-state index in [1.807, 2.05) is 0 Å². The van der Waals surface area contributed by atoms with Gasteiger partial charge in [0, 0.05) is 24.3 Å². The van der Waals surface area contributed by atoms with Crippen molar-refractivity contribution in [3.63, 3.8) is 0 Å². The molecule has 0 spiro atoms. The van der Waals surface area contributed by atoms with E-state index in [2.05, 4.69) is 20.1 Å². The van der Waals surface area contributed by atoms with E-state index in [0.29, 0.717) is 0 Å². The number of pyridine rings is 1. The molecule has 0 atom stereocenters. The maximum atomic E-state index is 13.1. The highest BCUT2D eigenvalue weighted by Crippen LogP contribution is 2.39. The first-order chi connectivity index (χ1) is 14.8. The van der Waals surface area contributed by atoms with Crippen LogP contribution in [0, 0.1) is 0 Å². The number of alkyl halides is 5. The molecule has 13 heteroatoms. The molecule has 2 aromatic heterocycles. The summed E-state index contributed by atoms with van der Waals surface area (Å²) in [5, 5.41) is 6.47. The van der Waals surface area contributed by atoms with Gasteiger partial charge in [-0.25, -0.2) is 9.78 Å². The number of carbonyl (C=O) groups is 1. The number of aromatic nitrogens is 3. The van der Waals surface area contributed by atoms with Gasteiger partial charge in [0.1, 0.15) is 16.6 Å². The summed E-state index contributed by atoms with van der Waals surface area (Å²) in [6.45, 7) is 2.89. The Morgan fingerprint density at radius 3 is 2.47 bits per heavy atom. The fraction of sp³-hybridized carbons (Fsp3) is 0.526. The van der Waals surface area contributed by atoms with Crippen molar-refractivity contribution in [1.82, 2.24) is 14.8 Å². The molecule has 2 aromatic rings. The highest BCUT2D eigenvalue weighted by atomic mass is 35.5. The number of ether oxygens (including phenoxy) is 2. The number of aryl methyl sites for hydroxylation is 1. The Morgan fingerprint density at radius 2 is 1.94 bits per heavy atom. The number of nitrogens with one attached hydrogen (secondary N) is 1. The molecule has 7 nitrogen and oxygen atoms in total. The molecular formula is C19H22ClF5N4O3. The molecule has 0 saturated heterocycles. The number of rotatable bonds is 9. The smallest absolute Gasteiger partial charge is 0.391 e. The Morgan fingerprint density at radius 1 is 1.28 bits per heavy atom. The molecule has 2 rings (SSSR count). The fourth-order valence-corrected chi connectivity index (χ4v) is 3.34. The van der Waals surface area contributed by atoms with Crippen LogP contribution in [0.4, 0.5) is 27.8 Å². The van der Waals surface area contributed by atoms with Crippen LogP contribution in [0.1, 0.15) is 44.6 Å². The maximum Gasteiger partial charge on any atom is 0.391 e. The van der Waals surface area contributed by atoms with Crippen LogP contribution < -0.4 is 10.1 Å². The summed E-state index contributed by atoms with van der Waals surface area (Å²) in [6, 6.07) is 1.03. The molecule has 0 aliphatic heterocycles. The van der Waals surface area contributed by atoms with Gasteiger partial charge >= 0.3 is 18.8 Å². The maximum absolute atomic E-state index is 13.1. The van der Waals surface area contributed by atoms with E-state index in [1.54, 1.807) is 13.8 Å². The van der Waals surface area contributed by atoms with Gasteiger partial charge in [-0.05, 0) is 27.7 Å². The van der Waals surface area contributed by atoms with E-state index in [0.717, 1.165) is 12.3 Å². The van der Waals surface area contributed by atoms with E-state index < -0.39 is 36.5 Å². The van der Waals surface area contributed by atoms with E-state index >= 15 is 0 Å². The summed E-state index contributed by atoms with van der Waals surface area (Å²) in [7, 11) is 0. The Kier molecular flexibility index (Phi) is 7.92. The molecule has 2 heterocycles. The average Bonchev–Trinajstić information content (AvgIpc) is 2.96. The third kappa shape index (κ3) is 6.44. The summed E-state index contributed by atoms with van der Waals surface area (Å²) < 4.78 is 75.3. The second-order valence-corrected chi connectivity index (χ2v) is 7.67. The number of halogens is 6. The van der Waals surface area contributed by atoms with Gasteiger partial charge in [0.15, 0.2) is 5.69 Å². The number of hydrogen-bond acceptors (Lipinski definition) is 6. The standard InChI is InChI=1S/C19H22ClF5N4O3/c1-5-29-15(13(20)14(28-29)16(30)31-6-2)10-8-26-12(7-11(10)32-17(21)22)27-18(3,4)9-19(23,24)25/h7-8,17H,5-6,9H2,1-4H3,(H,26,27). The topological polar surface area (TPSA) is 78.3 Å². The molecule has 0 unspecified atom stereocenters. The second kappa shape index (κ2) is 9.88. The molecule has 0 amide bonds. The second-order valence-electron chi connectivity index (χ2n) is 7.29. The Bertz CT molecular complexity index is 963. The number of carbonyl (C=O) groups excluding carboxylic acids is 1. The highest BCUT2D eigenvalue weighted by molar-refractivity contribution is 6.36. The first kappa shape index (κ1) is 25.6. The van der Waals surface area contributed by atoms with Crippen LogP contribution in [0.3, 0.4) is 0 Å². The van der Waals surface area contributed by atoms with Crippen LogP contribution in [0.5, 0.6) is 5.75 Å². The summed E-state index contributed by atoms with van der Waals surface area (Å²) in [6.07, 6.45) is -4.54. The summed E-state index contributed by atoms with van der Waals surface area (Å²) in [5.41, 5.74) is -1.66. The Hall–Kier alpha value is -2.63. The van der Waals surface area contributed by atoms with Crippen molar-refractivity contribution in [2.45, 2.75) is 59.0 Å². The largest absolute Gasteiger partial charge is 0.461 e. The van der Waals surface area contributed by atoms with Gasteiger partial charge < -0.3 is 14.8 Å². The molecule has 0 aliphatic rings. The number of anilines is 1. The van der Waals surface area contributed by atoms with Crippen molar-refractivity contribution in [3.8, 4) is 17.0 Å². The van der Waals surface area contributed by atoms with E-state index in [-0.39, 0.29) is 40.9 Å². The highest BCUT2D eigenvalue weighted by Gasteiger charge is 2.37. The summed E-state index contributed by atoms with van der Waals surface area (Å²) >= 11 is 6.31. The molecule has 0 fully saturated rings. The number of hydrogen-bond donors (Lipinski definition) is 1. The molecule has 0 bridgehead atoms. The van der Waals surface area contributed by atoms with Gasteiger partial charge in [-0.3, -0.25) is 4.68 Å². The fourth-order valence-electron chi connectivity index (χ4n) is 3.02. The van der Waals surface area contributed by atoms with E-state index in [9.17, 15) is 26.7 Å². The Balaban J connectivity index is 2.54. The van der Waals surface area contributed by atoms with Gasteiger partial charge in [0.25, 0.3) is 0 Å². The van der Waals surface area contributed by atoms with Gasteiger partial charge in [0.05, 0.1) is 24.3 Å². The van der Waals surface area contributed by atoms with Crippen molar-refractivity contribution in [3.05, 3.63) is 23.0 Å². The van der Waals surface area contributed by atoms with Crippen molar-refractivity contribution < 1.29 is 36.2 Å². The summed E-state index contributed by atoms with van der Waals surface area (Å²) in [4.78, 5) is 16.1. The van der Waals surface area contributed by atoms with Gasteiger partial charge in [-0.2, -0.15) is 27.1 Å². The minimum atomic E-state index is -4.45. The minimum Gasteiger partial charge on any atom is -0.461 e. The SMILES string of the molecule is CCOC(=O)c1nn(CC)c(-c2cnc(NC(C)(C)CC(F)(F)F)cc2OC(F)F)c1Cl. The number of nitrogens with zero attached hydrogens (tertiary/aromatic N) is 3. The third-order valence-electron chi connectivity index (χ3n) is 4.11. The molecule has 1 N–H and O–H groups in total. The minimum absolute atomic E-state index is 0.0284. The predicted molar refractivity (Wildman–Crippen MR) is 107 cm³/mol. The summed E-state index contributed by atoms with van der Waals surface area (Å²) in [5.74, 6) is -1.34. The van der Waals surface area contributed by atoms with Crippen molar-refractivity contribution in [1.29, 1.82) is 0 Å². The normalized spacial score (nSPS) is 12.2. The van der Waals surface area contributed by atoms with Crippen LogP contribution >= 0.6 is 11.6 Å². The monoisotopic (exact) mass is 484 g/mol. The lowest BCUT2D eigenvalue weighted by molar-refractivity contribution is -0.142. The lowest BCUT2D eigenvalue weighted by Crippen LogP contribution is -2.36. The molecule has 0 radical (unpaired) electrons.